The van der Waals surface area contributed by atoms with E-state index in [4.69, 9.17) is 0 Å². The Labute approximate surface area is 153 Å². The van der Waals surface area contributed by atoms with Crippen molar-refractivity contribution in [1.29, 1.82) is 0 Å². The van der Waals surface area contributed by atoms with E-state index in [1.165, 1.54) is 11.1 Å². The molecular formula is C21H23N3O2. The lowest BCUT2D eigenvalue weighted by atomic mass is 10.1. The predicted octanol–water partition coefficient (Wildman–Crippen LogP) is 3.60. The molecule has 4 rings (SSSR count). The van der Waals surface area contributed by atoms with E-state index in [0.717, 1.165) is 24.2 Å². The van der Waals surface area contributed by atoms with Crippen LogP contribution in [0, 0.1) is 0 Å². The van der Waals surface area contributed by atoms with Gasteiger partial charge < -0.3 is 15.1 Å². The smallest absolute Gasteiger partial charge is 0.318 e. The highest BCUT2D eigenvalue weighted by Gasteiger charge is 2.25. The standard InChI is InChI=1S/C21H23N3O2/c1-15(16-8-4-9-19(12-16)24-11-5-10-20(24)25)22-21(26)23-13-17-6-2-3-7-18(17)14-23/h2-4,6-9,12,15H,5,10-11,13-14H2,1H3,(H,22,26). The third-order valence-electron chi connectivity index (χ3n) is 5.22. The summed E-state index contributed by atoms with van der Waals surface area (Å²) in [6.45, 7) is 4.05. The van der Waals surface area contributed by atoms with Gasteiger partial charge in [0.2, 0.25) is 5.91 Å². The first-order valence-corrected chi connectivity index (χ1v) is 9.14. The molecule has 2 aliphatic heterocycles. The monoisotopic (exact) mass is 349 g/mol. The van der Waals surface area contributed by atoms with E-state index in [9.17, 15) is 9.59 Å². The van der Waals surface area contributed by atoms with Crippen LogP contribution in [0.4, 0.5) is 10.5 Å². The third-order valence-corrected chi connectivity index (χ3v) is 5.22. The van der Waals surface area contributed by atoms with Crippen molar-refractivity contribution in [2.75, 3.05) is 11.4 Å². The highest BCUT2D eigenvalue weighted by molar-refractivity contribution is 5.95. The first kappa shape index (κ1) is 16.6. The van der Waals surface area contributed by atoms with Gasteiger partial charge in [-0.15, -0.1) is 0 Å². The van der Waals surface area contributed by atoms with Gasteiger partial charge in [-0.05, 0) is 42.2 Å². The fourth-order valence-electron chi connectivity index (χ4n) is 3.72. The summed E-state index contributed by atoms with van der Waals surface area (Å²) < 4.78 is 0. The minimum atomic E-state index is -0.121. The van der Waals surface area contributed by atoms with Crippen LogP contribution >= 0.6 is 0 Å². The first-order valence-electron chi connectivity index (χ1n) is 9.14. The lowest BCUT2D eigenvalue weighted by Crippen LogP contribution is -2.37. The molecule has 26 heavy (non-hydrogen) atoms. The Morgan fingerprint density at radius 3 is 2.46 bits per heavy atom. The molecule has 0 aliphatic carbocycles. The Hall–Kier alpha value is -2.82. The third kappa shape index (κ3) is 3.17. The molecule has 0 spiro atoms. The number of carbonyl (C=O) groups is 2. The van der Waals surface area contributed by atoms with Crippen molar-refractivity contribution < 1.29 is 9.59 Å². The number of hydrogen-bond donors (Lipinski definition) is 1. The van der Waals surface area contributed by atoms with Crippen molar-refractivity contribution in [3.8, 4) is 0 Å². The van der Waals surface area contributed by atoms with Gasteiger partial charge in [0.1, 0.15) is 0 Å². The topological polar surface area (TPSA) is 52.7 Å². The van der Waals surface area contributed by atoms with Gasteiger partial charge in [-0.25, -0.2) is 4.79 Å². The predicted molar refractivity (Wildman–Crippen MR) is 101 cm³/mol. The average molecular weight is 349 g/mol. The zero-order chi connectivity index (χ0) is 18.1. The maximum atomic E-state index is 12.6. The molecule has 3 amide bonds. The van der Waals surface area contributed by atoms with Gasteiger partial charge in [-0.1, -0.05) is 36.4 Å². The molecule has 134 valence electrons. The van der Waals surface area contributed by atoms with E-state index in [1.54, 1.807) is 0 Å². The summed E-state index contributed by atoms with van der Waals surface area (Å²) in [7, 11) is 0. The number of nitrogens with one attached hydrogen (secondary N) is 1. The number of hydrogen-bond acceptors (Lipinski definition) is 2. The fourth-order valence-corrected chi connectivity index (χ4v) is 3.72. The summed E-state index contributed by atoms with van der Waals surface area (Å²) >= 11 is 0. The summed E-state index contributed by atoms with van der Waals surface area (Å²) in [6.07, 6.45) is 1.52. The molecule has 0 radical (unpaired) electrons. The average Bonchev–Trinajstić information content (AvgIpc) is 3.27. The van der Waals surface area contributed by atoms with Crippen LogP contribution in [0.5, 0.6) is 0 Å². The van der Waals surface area contributed by atoms with E-state index in [-0.39, 0.29) is 18.0 Å². The van der Waals surface area contributed by atoms with Crippen LogP contribution in [0.3, 0.4) is 0 Å². The van der Waals surface area contributed by atoms with E-state index >= 15 is 0 Å². The zero-order valence-corrected chi connectivity index (χ0v) is 14.9. The quantitative estimate of drug-likeness (QED) is 0.920. The second-order valence-corrected chi connectivity index (χ2v) is 7.04. The highest BCUT2D eigenvalue weighted by atomic mass is 16.2. The summed E-state index contributed by atoms with van der Waals surface area (Å²) in [4.78, 5) is 28.3. The second kappa shape index (κ2) is 6.83. The zero-order valence-electron chi connectivity index (χ0n) is 14.9. The Morgan fingerprint density at radius 1 is 1.08 bits per heavy atom. The molecular weight excluding hydrogens is 326 g/mol. The van der Waals surface area contributed by atoms with E-state index in [1.807, 2.05) is 53.1 Å². The molecule has 0 saturated carbocycles. The molecule has 2 aliphatic rings. The Morgan fingerprint density at radius 2 is 1.81 bits per heavy atom. The van der Waals surface area contributed by atoms with Crippen molar-refractivity contribution in [2.24, 2.45) is 0 Å². The van der Waals surface area contributed by atoms with Crippen molar-refractivity contribution >= 4 is 17.6 Å². The van der Waals surface area contributed by atoms with Gasteiger partial charge in [-0.3, -0.25) is 4.79 Å². The second-order valence-electron chi connectivity index (χ2n) is 7.04. The van der Waals surface area contributed by atoms with E-state index in [2.05, 4.69) is 17.4 Å². The number of nitrogens with zero attached hydrogens (tertiary/aromatic N) is 2. The molecule has 2 aromatic rings. The number of fused-ring (bicyclic) bond motifs is 1. The van der Waals surface area contributed by atoms with E-state index < -0.39 is 0 Å². The minimum Gasteiger partial charge on any atom is -0.331 e. The molecule has 1 unspecified atom stereocenters. The molecule has 1 saturated heterocycles. The van der Waals surface area contributed by atoms with Gasteiger partial charge in [0.05, 0.1) is 6.04 Å². The number of benzene rings is 2. The van der Waals surface area contributed by atoms with Crippen LogP contribution in [0.2, 0.25) is 0 Å². The van der Waals surface area contributed by atoms with Gasteiger partial charge >= 0.3 is 6.03 Å². The summed E-state index contributed by atoms with van der Waals surface area (Å²) in [5, 5.41) is 3.09. The molecule has 2 aromatic carbocycles. The van der Waals surface area contributed by atoms with Crippen molar-refractivity contribution in [1.82, 2.24) is 10.2 Å². The first-order chi connectivity index (χ1) is 12.6. The number of carbonyl (C=O) groups excluding carboxylic acids is 2. The van der Waals surface area contributed by atoms with Crippen LogP contribution in [0.25, 0.3) is 0 Å². The SMILES string of the molecule is CC(NC(=O)N1Cc2ccccc2C1)c1cccc(N2CCCC2=O)c1. The summed E-state index contributed by atoms with van der Waals surface area (Å²) in [5.74, 6) is 0.175. The molecule has 5 nitrogen and oxygen atoms in total. The Kier molecular flexibility index (Phi) is 4.37. The Balaban J connectivity index is 1.43. The van der Waals surface area contributed by atoms with Gasteiger partial charge in [0, 0.05) is 31.7 Å². The molecule has 5 heteroatoms. The largest absolute Gasteiger partial charge is 0.331 e. The van der Waals surface area contributed by atoms with E-state index in [0.29, 0.717) is 19.5 Å². The van der Waals surface area contributed by atoms with Crippen LogP contribution in [-0.4, -0.2) is 23.4 Å². The van der Waals surface area contributed by atoms with Crippen LogP contribution < -0.4 is 10.2 Å². The van der Waals surface area contributed by atoms with Crippen LogP contribution in [0.15, 0.2) is 48.5 Å². The number of amides is 3. The maximum absolute atomic E-state index is 12.6. The normalized spacial score (nSPS) is 17.3. The highest BCUT2D eigenvalue weighted by Crippen LogP contribution is 2.26. The lowest BCUT2D eigenvalue weighted by molar-refractivity contribution is -0.117. The fraction of sp³-hybridized carbons (Fsp3) is 0.333. The van der Waals surface area contributed by atoms with Gasteiger partial charge in [0.25, 0.3) is 0 Å². The Bertz CT molecular complexity index is 824. The number of rotatable bonds is 3. The van der Waals surface area contributed by atoms with Crippen LogP contribution in [0.1, 0.15) is 42.5 Å². The molecule has 0 bridgehead atoms. The lowest BCUT2D eigenvalue weighted by Gasteiger charge is -2.22. The van der Waals surface area contributed by atoms with Crippen molar-refractivity contribution in [2.45, 2.75) is 38.9 Å². The molecule has 0 aromatic heterocycles. The molecule has 2 heterocycles. The van der Waals surface area contributed by atoms with Crippen molar-refractivity contribution in [3.63, 3.8) is 0 Å². The minimum absolute atomic E-state index is 0.0589. The molecule has 1 fully saturated rings. The molecule has 1 N–H and O–H groups in total. The number of anilines is 1. The summed E-state index contributed by atoms with van der Waals surface area (Å²) in [6, 6.07) is 15.9. The maximum Gasteiger partial charge on any atom is 0.318 e. The van der Waals surface area contributed by atoms with Crippen molar-refractivity contribution in [3.05, 3.63) is 65.2 Å². The summed E-state index contributed by atoms with van der Waals surface area (Å²) in [5.41, 5.74) is 4.35. The van der Waals surface area contributed by atoms with Gasteiger partial charge in [-0.2, -0.15) is 0 Å². The van der Waals surface area contributed by atoms with Gasteiger partial charge in [0.15, 0.2) is 0 Å². The molecule has 1 atom stereocenters. The number of urea groups is 1. The van der Waals surface area contributed by atoms with Crippen LogP contribution in [-0.2, 0) is 17.9 Å².